The van der Waals surface area contributed by atoms with Gasteiger partial charge in [-0.3, -0.25) is 19.7 Å². The standard InChI is InChI=1S/C12H16N2O3/c1-6-4-8(6)12(17)14(7-2-3-7)9-5-10(15)13-11(9)16/h6-9H,2-5H2,1H3,(H,13,15,16)/t6-,8+,9+/m1/s1. The molecule has 0 aromatic carbocycles. The van der Waals surface area contributed by atoms with Crippen LogP contribution < -0.4 is 5.32 Å². The van der Waals surface area contributed by atoms with Gasteiger partial charge < -0.3 is 4.90 Å². The van der Waals surface area contributed by atoms with Crippen LogP contribution in [0.2, 0.25) is 0 Å². The summed E-state index contributed by atoms with van der Waals surface area (Å²) in [7, 11) is 0. The van der Waals surface area contributed by atoms with Crippen LogP contribution in [0.25, 0.3) is 0 Å². The van der Waals surface area contributed by atoms with E-state index in [1.165, 1.54) is 0 Å². The first-order chi connectivity index (χ1) is 8.08. The first-order valence-electron chi connectivity index (χ1n) is 6.24. The van der Waals surface area contributed by atoms with Crippen molar-refractivity contribution in [2.45, 2.75) is 44.7 Å². The van der Waals surface area contributed by atoms with Crippen LogP contribution >= 0.6 is 0 Å². The highest BCUT2D eigenvalue weighted by molar-refractivity contribution is 6.07. The molecule has 1 heterocycles. The zero-order valence-electron chi connectivity index (χ0n) is 9.81. The minimum absolute atomic E-state index is 0.0786. The summed E-state index contributed by atoms with van der Waals surface area (Å²) in [6.45, 7) is 2.05. The van der Waals surface area contributed by atoms with Gasteiger partial charge in [0.15, 0.2) is 0 Å². The van der Waals surface area contributed by atoms with E-state index in [9.17, 15) is 14.4 Å². The normalized spacial score (nSPS) is 35.7. The number of carbonyl (C=O) groups excluding carboxylic acids is 3. The number of rotatable bonds is 3. The minimum Gasteiger partial charge on any atom is -0.327 e. The fraction of sp³-hybridized carbons (Fsp3) is 0.750. The Morgan fingerprint density at radius 1 is 1.35 bits per heavy atom. The molecule has 0 unspecified atom stereocenters. The van der Waals surface area contributed by atoms with Crippen molar-refractivity contribution >= 4 is 17.7 Å². The molecule has 92 valence electrons. The maximum Gasteiger partial charge on any atom is 0.249 e. The van der Waals surface area contributed by atoms with Gasteiger partial charge in [-0.2, -0.15) is 0 Å². The van der Waals surface area contributed by atoms with Crippen LogP contribution in [0.3, 0.4) is 0 Å². The summed E-state index contributed by atoms with van der Waals surface area (Å²) in [6.07, 6.45) is 2.99. The molecule has 0 spiro atoms. The van der Waals surface area contributed by atoms with Crippen LogP contribution in [-0.4, -0.2) is 34.7 Å². The lowest BCUT2D eigenvalue weighted by atomic mass is 10.1. The fourth-order valence-electron chi connectivity index (χ4n) is 2.56. The first kappa shape index (κ1) is 10.7. The first-order valence-corrected chi connectivity index (χ1v) is 6.24. The molecular weight excluding hydrogens is 220 g/mol. The number of hydrogen-bond acceptors (Lipinski definition) is 3. The molecule has 17 heavy (non-hydrogen) atoms. The van der Waals surface area contributed by atoms with Gasteiger partial charge in [-0.15, -0.1) is 0 Å². The number of amides is 3. The van der Waals surface area contributed by atoms with Gasteiger partial charge in [-0.05, 0) is 25.2 Å². The van der Waals surface area contributed by atoms with E-state index >= 15 is 0 Å². The Morgan fingerprint density at radius 2 is 2.00 bits per heavy atom. The van der Waals surface area contributed by atoms with Gasteiger partial charge in [0.1, 0.15) is 6.04 Å². The van der Waals surface area contributed by atoms with Crippen LogP contribution in [0.4, 0.5) is 0 Å². The third-order valence-corrected chi connectivity index (χ3v) is 3.90. The Balaban J connectivity index is 1.78. The third-order valence-electron chi connectivity index (χ3n) is 3.90. The molecule has 0 aromatic heterocycles. The molecule has 3 amide bonds. The van der Waals surface area contributed by atoms with Gasteiger partial charge in [0.25, 0.3) is 0 Å². The second kappa shape index (κ2) is 3.55. The lowest BCUT2D eigenvalue weighted by molar-refractivity contribution is -0.140. The smallest absolute Gasteiger partial charge is 0.249 e. The van der Waals surface area contributed by atoms with E-state index in [-0.39, 0.29) is 36.1 Å². The van der Waals surface area contributed by atoms with E-state index in [1.807, 2.05) is 6.92 Å². The van der Waals surface area contributed by atoms with Crippen molar-refractivity contribution in [2.24, 2.45) is 11.8 Å². The van der Waals surface area contributed by atoms with E-state index in [0.717, 1.165) is 19.3 Å². The van der Waals surface area contributed by atoms with E-state index in [2.05, 4.69) is 5.32 Å². The van der Waals surface area contributed by atoms with Crippen molar-refractivity contribution in [3.8, 4) is 0 Å². The van der Waals surface area contributed by atoms with Crippen LogP contribution in [0, 0.1) is 11.8 Å². The highest BCUT2D eigenvalue weighted by Crippen LogP contribution is 2.42. The van der Waals surface area contributed by atoms with E-state index in [4.69, 9.17) is 0 Å². The van der Waals surface area contributed by atoms with E-state index < -0.39 is 6.04 Å². The summed E-state index contributed by atoms with van der Waals surface area (Å²) in [5.74, 6) is 0.0312. The van der Waals surface area contributed by atoms with Crippen molar-refractivity contribution in [3.05, 3.63) is 0 Å². The topological polar surface area (TPSA) is 66.5 Å². The van der Waals surface area contributed by atoms with Crippen molar-refractivity contribution in [1.82, 2.24) is 10.2 Å². The molecule has 0 aromatic rings. The van der Waals surface area contributed by atoms with E-state index in [1.54, 1.807) is 4.90 Å². The number of carbonyl (C=O) groups is 3. The van der Waals surface area contributed by atoms with E-state index in [0.29, 0.717) is 5.92 Å². The highest BCUT2D eigenvalue weighted by Gasteiger charge is 2.50. The number of imide groups is 1. The van der Waals surface area contributed by atoms with Crippen molar-refractivity contribution in [1.29, 1.82) is 0 Å². The summed E-state index contributed by atoms with van der Waals surface area (Å²) in [5, 5.41) is 2.28. The van der Waals surface area contributed by atoms with Crippen molar-refractivity contribution in [3.63, 3.8) is 0 Å². The Labute approximate surface area is 99.5 Å². The lowest BCUT2D eigenvalue weighted by Crippen LogP contribution is -2.46. The van der Waals surface area contributed by atoms with Crippen LogP contribution in [0.1, 0.15) is 32.6 Å². The highest BCUT2D eigenvalue weighted by atomic mass is 16.2. The number of nitrogens with zero attached hydrogens (tertiary/aromatic N) is 1. The molecule has 2 aliphatic carbocycles. The summed E-state index contributed by atoms with van der Waals surface area (Å²) in [5.41, 5.74) is 0. The summed E-state index contributed by atoms with van der Waals surface area (Å²) < 4.78 is 0. The quantitative estimate of drug-likeness (QED) is 0.704. The monoisotopic (exact) mass is 236 g/mol. The summed E-state index contributed by atoms with van der Waals surface area (Å²) >= 11 is 0. The third kappa shape index (κ3) is 1.83. The van der Waals surface area contributed by atoms with Gasteiger partial charge in [-0.25, -0.2) is 0 Å². The van der Waals surface area contributed by atoms with Gasteiger partial charge in [0.2, 0.25) is 17.7 Å². The molecule has 5 nitrogen and oxygen atoms in total. The largest absolute Gasteiger partial charge is 0.327 e. The molecule has 3 fully saturated rings. The minimum atomic E-state index is -0.546. The fourth-order valence-corrected chi connectivity index (χ4v) is 2.56. The van der Waals surface area contributed by atoms with Crippen LogP contribution in [0.5, 0.6) is 0 Å². The Hall–Kier alpha value is -1.39. The molecule has 5 heteroatoms. The molecule has 0 bridgehead atoms. The van der Waals surface area contributed by atoms with Gasteiger partial charge in [-0.1, -0.05) is 6.92 Å². The predicted molar refractivity (Wildman–Crippen MR) is 58.7 cm³/mol. The molecule has 3 rings (SSSR count). The molecule has 2 saturated carbocycles. The Morgan fingerprint density at radius 3 is 2.41 bits per heavy atom. The molecule has 3 aliphatic rings. The molecule has 1 saturated heterocycles. The maximum absolute atomic E-state index is 12.3. The van der Waals surface area contributed by atoms with Crippen LogP contribution in [0.15, 0.2) is 0 Å². The Bertz CT molecular complexity index is 403. The summed E-state index contributed by atoms with van der Waals surface area (Å²) in [6, 6.07) is -0.354. The molecule has 3 atom stereocenters. The molecule has 0 radical (unpaired) electrons. The second-order valence-electron chi connectivity index (χ2n) is 5.43. The van der Waals surface area contributed by atoms with Crippen molar-refractivity contribution < 1.29 is 14.4 Å². The number of hydrogen-bond donors (Lipinski definition) is 1. The second-order valence-corrected chi connectivity index (χ2v) is 5.43. The number of nitrogens with one attached hydrogen (secondary N) is 1. The lowest BCUT2D eigenvalue weighted by Gasteiger charge is -2.26. The van der Waals surface area contributed by atoms with Gasteiger partial charge in [0, 0.05) is 12.0 Å². The van der Waals surface area contributed by atoms with Crippen LogP contribution in [-0.2, 0) is 14.4 Å². The molecular formula is C12H16N2O3. The Kier molecular flexibility index (Phi) is 2.24. The average Bonchev–Trinajstić information content (AvgIpc) is 3.13. The predicted octanol–water partition coefficient (Wildman–Crippen LogP) is 0.0485. The zero-order valence-corrected chi connectivity index (χ0v) is 9.81. The van der Waals surface area contributed by atoms with Gasteiger partial charge >= 0.3 is 0 Å². The maximum atomic E-state index is 12.3. The SMILES string of the molecule is C[C@@H]1C[C@@H]1C(=O)N(C1CC1)[C@H]1CC(=O)NC1=O. The van der Waals surface area contributed by atoms with Crippen molar-refractivity contribution in [2.75, 3.05) is 0 Å². The average molecular weight is 236 g/mol. The van der Waals surface area contributed by atoms with Gasteiger partial charge in [0.05, 0.1) is 6.42 Å². The molecule has 1 N–H and O–H groups in total. The zero-order chi connectivity index (χ0) is 12.2. The summed E-state index contributed by atoms with van der Waals surface area (Å²) in [4.78, 5) is 36.8. The molecule has 1 aliphatic heterocycles.